The van der Waals surface area contributed by atoms with Gasteiger partial charge in [0.1, 0.15) is 0 Å². The highest BCUT2D eigenvalue weighted by atomic mass is 16.2. The minimum atomic E-state index is -0.0589. The fourth-order valence-electron chi connectivity index (χ4n) is 1.87. The Bertz CT molecular complexity index is 386. The Hall–Kier alpha value is -1.64. The highest BCUT2D eigenvalue weighted by Gasteiger charge is 2.31. The molecular weight excluding hydrogens is 190 g/mol. The van der Waals surface area contributed by atoms with E-state index in [1.54, 1.807) is 4.90 Å². The molecule has 1 aliphatic rings. The third kappa shape index (κ3) is 1.91. The van der Waals surface area contributed by atoms with E-state index in [0.29, 0.717) is 0 Å². The van der Waals surface area contributed by atoms with Gasteiger partial charge in [-0.25, -0.2) is 0 Å². The highest BCUT2D eigenvalue weighted by molar-refractivity contribution is 6.05. The van der Waals surface area contributed by atoms with Gasteiger partial charge in [-0.3, -0.25) is 9.59 Å². The van der Waals surface area contributed by atoms with Crippen molar-refractivity contribution in [3.8, 4) is 0 Å². The molecule has 78 valence electrons. The first kappa shape index (κ1) is 9.90. The van der Waals surface area contributed by atoms with E-state index in [2.05, 4.69) is 0 Å². The minimum absolute atomic E-state index is 0.00912. The van der Waals surface area contributed by atoms with Crippen molar-refractivity contribution < 1.29 is 9.59 Å². The van der Waals surface area contributed by atoms with Crippen LogP contribution in [0.1, 0.15) is 24.9 Å². The molecule has 0 unspecified atom stereocenters. The summed E-state index contributed by atoms with van der Waals surface area (Å²) in [7, 11) is 0. The Morgan fingerprint density at radius 2 is 1.87 bits per heavy atom. The summed E-state index contributed by atoms with van der Waals surface area (Å²) < 4.78 is 0. The summed E-state index contributed by atoms with van der Waals surface area (Å²) in [6.07, 6.45) is 0.0666. The molecule has 1 amide bonds. The van der Waals surface area contributed by atoms with Gasteiger partial charge in [0.2, 0.25) is 5.91 Å². The van der Waals surface area contributed by atoms with E-state index in [1.165, 1.54) is 0 Å². The summed E-state index contributed by atoms with van der Waals surface area (Å²) in [6.45, 7) is 2.21. The molecule has 15 heavy (non-hydrogen) atoms. The van der Waals surface area contributed by atoms with Crippen LogP contribution in [0.3, 0.4) is 0 Å². The number of likely N-dealkylation sites (tertiary alicyclic amines) is 1. The van der Waals surface area contributed by atoms with E-state index in [0.717, 1.165) is 5.56 Å². The lowest BCUT2D eigenvalue weighted by Gasteiger charge is -2.23. The summed E-state index contributed by atoms with van der Waals surface area (Å²) >= 11 is 0. The SMILES string of the molecule is C[C@@H](c1ccccc1)N1CC(=O)CC1=O. The molecule has 0 saturated carbocycles. The van der Waals surface area contributed by atoms with E-state index in [4.69, 9.17) is 0 Å². The van der Waals surface area contributed by atoms with Crippen LogP contribution in [0.4, 0.5) is 0 Å². The Kier molecular flexibility index (Phi) is 2.54. The number of amides is 1. The van der Waals surface area contributed by atoms with Gasteiger partial charge >= 0.3 is 0 Å². The van der Waals surface area contributed by atoms with E-state index < -0.39 is 0 Å². The molecule has 0 radical (unpaired) electrons. The maximum atomic E-state index is 11.5. The lowest BCUT2D eigenvalue weighted by Crippen LogP contribution is -2.28. The highest BCUT2D eigenvalue weighted by Crippen LogP contribution is 2.23. The maximum absolute atomic E-state index is 11.5. The first-order valence-electron chi connectivity index (χ1n) is 5.04. The number of hydrogen-bond acceptors (Lipinski definition) is 2. The van der Waals surface area contributed by atoms with Crippen molar-refractivity contribution in [3.05, 3.63) is 35.9 Å². The molecule has 1 saturated heterocycles. The largest absolute Gasteiger partial charge is 0.328 e. The molecule has 1 atom stereocenters. The zero-order chi connectivity index (χ0) is 10.8. The zero-order valence-electron chi connectivity index (χ0n) is 8.64. The molecule has 0 aromatic heterocycles. The summed E-state index contributed by atoms with van der Waals surface area (Å²) in [5, 5.41) is 0. The van der Waals surface area contributed by atoms with Crippen LogP contribution in [0.2, 0.25) is 0 Å². The molecular formula is C12H13NO2. The Labute approximate surface area is 88.7 Å². The second-order valence-corrected chi connectivity index (χ2v) is 3.82. The summed E-state index contributed by atoms with van der Waals surface area (Å²) in [6, 6.07) is 9.75. The van der Waals surface area contributed by atoms with Crippen LogP contribution >= 0.6 is 0 Å². The van der Waals surface area contributed by atoms with Crippen molar-refractivity contribution in [2.24, 2.45) is 0 Å². The monoisotopic (exact) mass is 203 g/mol. The van der Waals surface area contributed by atoms with Gasteiger partial charge in [0, 0.05) is 0 Å². The van der Waals surface area contributed by atoms with Gasteiger partial charge in [-0.1, -0.05) is 30.3 Å². The molecule has 2 rings (SSSR count). The van der Waals surface area contributed by atoms with Crippen LogP contribution in [0.5, 0.6) is 0 Å². The predicted molar refractivity (Wildman–Crippen MR) is 56.2 cm³/mol. The first-order valence-corrected chi connectivity index (χ1v) is 5.04. The lowest BCUT2D eigenvalue weighted by molar-refractivity contribution is -0.129. The minimum Gasteiger partial charge on any atom is -0.328 e. The van der Waals surface area contributed by atoms with Crippen LogP contribution in [0.25, 0.3) is 0 Å². The van der Waals surface area contributed by atoms with Crippen molar-refractivity contribution in [3.63, 3.8) is 0 Å². The van der Waals surface area contributed by atoms with Crippen LogP contribution in [-0.4, -0.2) is 23.1 Å². The number of hydrogen-bond donors (Lipinski definition) is 0. The molecule has 1 heterocycles. The molecule has 1 aromatic rings. The Balaban J connectivity index is 2.18. The number of carbonyl (C=O) groups excluding carboxylic acids is 2. The van der Waals surface area contributed by atoms with E-state index in [-0.39, 0.29) is 30.7 Å². The smallest absolute Gasteiger partial charge is 0.230 e. The van der Waals surface area contributed by atoms with Crippen LogP contribution in [0.15, 0.2) is 30.3 Å². The Morgan fingerprint density at radius 1 is 1.20 bits per heavy atom. The average molecular weight is 203 g/mol. The summed E-state index contributed by atoms with van der Waals surface area (Å²) in [5.74, 6) is -0.0425. The number of benzene rings is 1. The van der Waals surface area contributed by atoms with Crippen molar-refractivity contribution in [1.82, 2.24) is 4.90 Å². The zero-order valence-corrected chi connectivity index (χ0v) is 8.64. The van der Waals surface area contributed by atoms with Gasteiger partial charge in [-0.05, 0) is 12.5 Å². The molecule has 1 aliphatic heterocycles. The van der Waals surface area contributed by atoms with Crippen LogP contribution in [-0.2, 0) is 9.59 Å². The summed E-state index contributed by atoms with van der Waals surface area (Å²) in [5.41, 5.74) is 1.07. The average Bonchev–Trinajstić information content (AvgIpc) is 2.58. The van der Waals surface area contributed by atoms with Gasteiger partial charge < -0.3 is 4.90 Å². The normalized spacial score (nSPS) is 18.3. The quantitative estimate of drug-likeness (QED) is 0.684. The van der Waals surface area contributed by atoms with Crippen molar-refractivity contribution in [2.45, 2.75) is 19.4 Å². The fourth-order valence-corrected chi connectivity index (χ4v) is 1.87. The number of carbonyl (C=O) groups is 2. The second-order valence-electron chi connectivity index (χ2n) is 3.82. The molecule has 0 N–H and O–H groups in total. The van der Waals surface area contributed by atoms with E-state index in [1.807, 2.05) is 37.3 Å². The van der Waals surface area contributed by atoms with Crippen molar-refractivity contribution in [1.29, 1.82) is 0 Å². The van der Waals surface area contributed by atoms with Gasteiger partial charge in [-0.15, -0.1) is 0 Å². The molecule has 0 spiro atoms. The standard InChI is InChI=1S/C12H13NO2/c1-9(10-5-3-2-4-6-10)13-8-11(14)7-12(13)15/h2-6,9H,7-8H2,1H3/t9-/m0/s1. The fraction of sp³-hybridized carbons (Fsp3) is 0.333. The summed E-state index contributed by atoms with van der Waals surface area (Å²) in [4.78, 5) is 24.3. The van der Waals surface area contributed by atoms with Gasteiger partial charge in [0.15, 0.2) is 5.78 Å². The lowest BCUT2D eigenvalue weighted by atomic mass is 10.1. The molecule has 0 bridgehead atoms. The maximum Gasteiger partial charge on any atom is 0.230 e. The molecule has 0 aliphatic carbocycles. The molecule has 3 heteroatoms. The number of Topliss-reactive ketones (excluding diaryl/α,β-unsaturated/α-hetero) is 1. The van der Waals surface area contributed by atoms with Crippen LogP contribution in [0, 0.1) is 0 Å². The van der Waals surface area contributed by atoms with Gasteiger partial charge in [-0.2, -0.15) is 0 Å². The molecule has 3 nitrogen and oxygen atoms in total. The predicted octanol–water partition coefficient (Wildman–Crippen LogP) is 1.55. The van der Waals surface area contributed by atoms with Gasteiger partial charge in [0.25, 0.3) is 0 Å². The molecule has 1 aromatic carbocycles. The topological polar surface area (TPSA) is 37.4 Å². The van der Waals surface area contributed by atoms with Crippen molar-refractivity contribution in [2.75, 3.05) is 6.54 Å². The number of rotatable bonds is 2. The Morgan fingerprint density at radius 3 is 2.40 bits per heavy atom. The van der Waals surface area contributed by atoms with E-state index >= 15 is 0 Å². The van der Waals surface area contributed by atoms with Crippen molar-refractivity contribution >= 4 is 11.7 Å². The van der Waals surface area contributed by atoms with Gasteiger partial charge in [0.05, 0.1) is 19.0 Å². The number of nitrogens with zero attached hydrogens (tertiary/aromatic N) is 1. The first-order chi connectivity index (χ1) is 7.18. The molecule has 1 fully saturated rings. The second kappa shape index (κ2) is 3.85. The number of ketones is 1. The third-order valence-corrected chi connectivity index (χ3v) is 2.76. The van der Waals surface area contributed by atoms with Crippen LogP contribution < -0.4 is 0 Å². The third-order valence-electron chi connectivity index (χ3n) is 2.76. The van der Waals surface area contributed by atoms with E-state index in [9.17, 15) is 9.59 Å².